The summed E-state index contributed by atoms with van der Waals surface area (Å²) in [6.07, 6.45) is 2.20. The molecule has 82 valence electrons. The van der Waals surface area contributed by atoms with Gasteiger partial charge in [0.15, 0.2) is 0 Å². The van der Waals surface area contributed by atoms with Crippen LogP contribution in [-0.2, 0) is 0 Å². The summed E-state index contributed by atoms with van der Waals surface area (Å²) in [4.78, 5) is 0. The number of rotatable bonds is 5. The summed E-state index contributed by atoms with van der Waals surface area (Å²) >= 11 is 0. The second kappa shape index (κ2) is 6.31. The van der Waals surface area contributed by atoms with Crippen molar-refractivity contribution in [2.75, 3.05) is 12.3 Å². The Morgan fingerprint density at radius 2 is 2.06 bits per heavy atom. The first-order valence-corrected chi connectivity index (χ1v) is 5.07. The first kappa shape index (κ1) is 11.9. The zero-order valence-corrected chi connectivity index (χ0v) is 8.94. The van der Waals surface area contributed by atoms with E-state index >= 15 is 0 Å². The summed E-state index contributed by atoms with van der Waals surface area (Å²) in [7, 11) is 0. The lowest BCUT2D eigenvalue weighted by atomic mass is 10.2. The second-order valence-corrected chi connectivity index (χ2v) is 3.33. The van der Waals surface area contributed by atoms with Crippen LogP contribution in [0.15, 0.2) is 18.2 Å². The Morgan fingerprint density at radius 1 is 1.25 bits per heavy atom. The molecule has 1 aromatic carbocycles. The van der Waals surface area contributed by atoms with Crippen molar-refractivity contribution in [3.05, 3.63) is 23.8 Å². The van der Waals surface area contributed by atoms with E-state index in [2.05, 4.69) is 6.07 Å². The van der Waals surface area contributed by atoms with E-state index in [4.69, 9.17) is 21.0 Å². The first-order chi connectivity index (χ1) is 7.77. The van der Waals surface area contributed by atoms with Gasteiger partial charge in [-0.15, -0.1) is 0 Å². The lowest BCUT2D eigenvalue weighted by Crippen LogP contribution is -2.00. The average molecular weight is 215 g/mol. The summed E-state index contributed by atoms with van der Waals surface area (Å²) in [5.41, 5.74) is 6.70. The Bertz CT molecular complexity index is 429. The number of nitrogen functional groups attached to an aromatic ring is 1. The van der Waals surface area contributed by atoms with Crippen molar-refractivity contribution in [2.45, 2.75) is 19.3 Å². The molecule has 0 saturated heterocycles. The van der Waals surface area contributed by atoms with Crippen molar-refractivity contribution in [1.29, 1.82) is 10.5 Å². The predicted octanol–water partition coefficient (Wildman–Crippen LogP) is 2.21. The van der Waals surface area contributed by atoms with E-state index in [1.54, 1.807) is 18.2 Å². The Morgan fingerprint density at radius 3 is 2.69 bits per heavy atom. The lowest BCUT2D eigenvalue weighted by Gasteiger charge is -2.08. The number of nitrogens with zero attached hydrogens (tertiary/aromatic N) is 2. The number of ether oxygens (including phenoxy) is 1. The highest BCUT2D eigenvalue weighted by molar-refractivity contribution is 5.56. The molecule has 0 saturated carbocycles. The molecule has 4 heteroatoms. The van der Waals surface area contributed by atoms with E-state index in [9.17, 15) is 0 Å². The molecular formula is C12H13N3O. The molecule has 0 aliphatic heterocycles. The number of hydrogen-bond donors (Lipinski definition) is 1. The molecule has 0 aliphatic carbocycles. The van der Waals surface area contributed by atoms with E-state index < -0.39 is 0 Å². The molecule has 1 rings (SSSR count). The summed E-state index contributed by atoms with van der Waals surface area (Å²) in [5.74, 6) is 0.593. The van der Waals surface area contributed by atoms with Gasteiger partial charge in [0, 0.05) is 6.42 Å². The maximum Gasteiger partial charge on any atom is 0.142 e. The minimum absolute atomic E-state index is 0.472. The maximum atomic E-state index is 8.65. The number of anilines is 1. The SMILES string of the molecule is N#CCCCCOc1ccc(C#N)cc1N. The number of hydrogen-bond acceptors (Lipinski definition) is 4. The molecule has 16 heavy (non-hydrogen) atoms. The lowest BCUT2D eigenvalue weighted by molar-refractivity contribution is 0.309. The van der Waals surface area contributed by atoms with Crippen molar-refractivity contribution in [3.63, 3.8) is 0 Å². The fourth-order valence-electron chi connectivity index (χ4n) is 1.24. The third kappa shape index (κ3) is 3.51. The highest BCUT2D eigenvalue weighted by Gasteiger charge is 2.01. The maximum absolute atomic E-state index is 8.65. The number of nitriles is 2. The normalized spacial score (nSPS) is 9.12. The number of nitrogens with two attached hydrogens (primary N) is 1. The van der Waals surface area contributed by atoms with Crippen molar-refractivity contribution < 1.29 is 4.74 Å². The van der Waals surface area contributed by atoms with Crippen LogP contribution in [0.5, 0.6) is 5.75 Å². The van der Waals surface area contributed by atoms with Gasteiger partial charge in [-0.3, -0.25) is 0 Å². The van der Waals surface area contributed by atoms with Crippen LogP contribution in [0.2, 0.25) is 0 Å². The third-order valence-electron chi connectivity index (χ3n) is 2.08. The molecule has 0 amide bonds. The predicted molar refractivity (Wildman–Crippen MR) is 60.5 cm³/mol. The molecule has 4 nitrogen and oxygen atoms in total. The van der Waals surface area contributed by atoms with Crippen LogP contribution in [0.4, 0.5) is 5.69 Å². The topological polar surface area (TPSA) is 82.8 Å². The minimum atomic E-state index is 0.472. The van der Waals surface area contributed by atoms with Gasteiger partial charge in [-0.2, -0.15) is 10.5 Å². The zero-order chi connectivity index (χ0) is 11.8. The number of unbranched alkanes of at least 4 members (excludes halogenated alkanes) is 2. The summed E-state index contributed by atoms with van der Waals surface area (Å²) in [6, 6.07) is 9.03. The van der Waals surface area contributed by atoms with Crippen LogP contribution in [0.25, 0.3) is 0 Å². The summed E-state index contributed by atoms with van der Waals surface area (Å²) in [6.45, 7) is 0.539. The highest BCUT2D eigenvalue weighted by Crippen LogP contribution is 2.22. The average Bonchev–Trinajstić information content (AvgIpc) is 2.30. The molecule has 0 atom stereocenters. The Labute approximate surface area is 94.9 Å². The van der Waals surface area contributed by atoms with Gasteiger partial charge >= 0.3 is 0 Å². The van der Waals surface area contributed by atoms with Crippen molar-refractivity contribution in [1.82, 2.24) is 0 Å². The molecule has 1 aromatic rings. The van der Waals surface area contributed by atoms with Crippen LogP contribution in [-0.4, -0.2) is 6.61 Å². The van der Waals surface area contributed by atoms with Gasteiger partial charge in [0.05, 0.1) is 30.0 Å². The molecule has 0 unspecified atom stereocenters. The van der Waals surface area contributed by atoms with Crippen LogP contribution < -0.4 is 10.5 Å². The minimum Gasteiger partial charge on any atom is -0.491 e. The van der Waals surface area contributed by atoms with Gasteiger partial charge in [0.25, 0.3) is 0 Å². The fourth-order valence-corrected chi connectivity index (χ4v) is 1.24. The summed E-state index contributed by atoms with van der Waals surface area (Å²) in [5, 5.41) is 17.0. The number of benzene rings is 1. The molecule has 0 bridgehead atoms. The smallest absolute Gasteiger partial charge is 0.142 e. The van der Waals surface area contributed by atoms with Crippen LogP contribution in [0.3, 0.4) is 0 Å². The van der Waals surface area contributed by atoms with Gasteiger partial charge in [-0.1, -0.05) is 0 Å². The monoisotopic (exact) mass is 215 g/mol. The van der Waals surface area contributed by atoms with Gasteiger partial charge in [0.2, 0.25) is 0 Å². The van der Waals surface area contributed by atoms with E-state index in [1.165, 1.54) is 0 Å². The van der Waals surface area contributed by atoms with Crippen molar-refractivity contribution >= 4 is 5.69 Å². The van der Waals surface area contributed by atoms with E-state index in [-0.39, 0.29) is 0 Å². The Kier molecular flexibility index (Phi) is 4.69. The molecule has 0 heterocycles. The van der Waals surface area contributed by atoms with Crippen molar-refractivity contribution in [2.24, 2.45) is 0 Å². The molecule has 0 fully saturated rings. The largest absolute Gasteiger partial charge is 0.491 e. The van der Waals surface area contributed by atoms with Crippen LogP contribution in [0, 0.1) is 22.7 Å². The molecule has 0 aliphatic rings. The van der Waals surface area contributed by atoms with Crippen LogP contribution in [0.1, 0.15) is 24.8 Å². The molecule has 0 radical (unpaired) electrons. The van der Waals surface area contributed by atoms with E-state index in [0.29, 0.717) is 30.0 Å². The van der Waals surface area contributed by atoms with Crippen LogP contribution >= 0.6 is 0 Å². The van der Waals surface area contributed by atoms with Crippen molar-refractivity contribution in [3.8, 4) is 17.9 Å². The van der Waals surface area contributed by atoms with E-state index in [0.717, 1.165) is 12.8 Å². The third-order valence-corrected chi connectivity index (χ3v) is 2.08. The van der Waals surface area contributed by atoms with Gasteiger partial charge in [-0.05, 0) is 31.0 Å². The second-order valence-electron chi connectivity index (χ2n) is 3.33. The van der Waals surface area contributed by atoms with Gasteiger partial charge < -0.3 is 10.5 Å². The standard InChI is InChI=1S/C12H13N3O/c13-6-2-1-3-7-16-12-5-4-10(9-14)8-11(12)15/h4-5,8H,1-3,7,15H2. The molecule has 2 N–H and O–H groups in total. The van der Waals surface area contributed by atoms with E-state index in [1.807, 2.05) is 6.07 Å². The first-order valence-electron chi connectivity index (χ1n) is 5.07. The Balaban J connectivity index is 2.43. The molecule has 0 spiro atoms. The fraction of sp³-hybridized carbons (Fsp3) is 0.333. The molecule has 0 aromatic heterocycles. The summed E-state index contributed by atoms with van der Waals surface area (Å²) < 4.78 is 5.44. The van der Waals surface area contributed by atoms with Gasteiger partial charge in [0.1, 0.15) is 5.75 Å². The molecular weight excluding hydrogens is 202 g/mol. The van der Waals surface area contributed by atoms with Gasteiger partial charge in [-0.25, -0.2) is 0 Å². The Hall–Kier alpha value is -2.20. The highest BCUT2D eigenvalue weighted by atomic mass is 16.5. The zero-order valence-electron chi connectivity index (χ0n) is 8.94. The quantitative estimate of drug-likeness (QED) is 0.603.